The zero-order valence-corrected chi connectivity index (χ0v) is 14.4. The molecule has 1 amide bonds. The number of carboxylic acids is 1. The van der Waals surface area contributed by atoms with Crippen molar-refractivity contribution >= 4 is 23.5 Å². The lowest BCUT2D eigenvalue weighted by Gasteiger charge is -2.27. The molecular formula is C19H18ClNO4. The van der Waals surface area contributed by atoms with Crippen molar-refractivity contribution in [2.24, 2.45) is 5.92 Å². The molecule has 3 rings (SSSR count). The van der Waals surface area contributed by atoms with Gasteiger partial charge in [-0.05, 0) is 35.4 Å². The lowest BCUT2D eigenvalue weighted by molar-refractivity contribution is -0.142. The van der Waals surface area contributed by atoms with Crippen molar-refractivity contribution in [3.63, 3.8) is 0 Å². The van der Waals surface area contributed by atoms with Crippen LogP contribution in [0.2, 0.25) is 5.02 Å². The van der Waals surface area contributed by atoms with Crippen molar-refractivity contribution in [1.82, 2.24) is 4.90 Å². The molecule has 1 heterocycles. The van der Waals surface area contributed by atoms with Gasteiger partial charge in [-0.25, -0.2) is 0 Å². The fourth-order valence-electron chi connectivity index (χ4n) is 3.20. The highest BCUT2D eigenvalue weighted by atomic mass is 35.5. The number of methoxy groups -OCH3 is 1. The largest absolute Gasteiger partial charge is 0.497 e. The van der Waals surface area contributed by atoms with Gasteiger partial charge in [-0.1, -0.05) is 35.9 Å². The standard InChI is InChI=1S/C19H18ClNO4/c1-25-15-8-2-12(3-9-15)11-21-17(22)10-16(19(23)24)18(21)13-4-6-14(20)7-5-13/h2-9,16,18H,10-11H2,1H3,(H,23,24)/t16-,18+/m1/s1. The van der Waals surface area contributed by atoms with Gasteiger partial charge in [0.25, 0.3) is 0 Å². The molecule has 1 fully saturated rings. The highest BCUT2D eigenvalue weighted by Gasteiger charge is 2.44. The second-order valence-corrected chi connectivity index (χ2v) is 6.45. The number of carboxylic acid groups (broad SMARTS) is 1. The first-order valence-electron chi connectivity index (χ1n) is 7.90. The van der Waals surface area contributed by atoms with Crippen LogP contribution in [0, 0.1) is 5.92 Å². The summed E-state index contributed by atoms with van der Waals surface area (Å²) in [6.07, 6.45) is -0.00121. The summed E-state index contributed by atoms with van der Waals surface area (Å²) in [6.45, 7) is 0.347. The lowest BCUT2D eigenvalue weighted by atomic mass is 9.93. The third-order valence-electron chi connectivity index (χ3n) is 4.47. The molecule has 1 aliphatic rings. The van der Waals surface area contributed by atoms with Crippen LogP contribution in [-0.2, 0) is 16.1 Å². The molecule has 0 aromatic heterocycles. The van der Waals surface area contributed by atoms with Crippen LogP contribution in [0.1, 0.15) is 23.6 Å². The van der Waals surface area contributed by atoms with E-state index in [-0.39, 0.29) is 12.3 Å². The number of aliphatic carboxylic acids is 1. The molecule has 2 aromatic carbocycles. The minimum Gasteiger partial charge on any atom is -0.497 e. The predicted molar refractivity (Wildman–Crippen MR) is 93.5 cm³/mol. The Morgan fingerprint density at radius 3 is 2.40 bits per heavy atom. The number of amides is 1. The Morgan fingerprint density at radius 1 is 1.20 bits per heavy atom. The third kappa shape index (κ3) is 3.61. The molecular weight excluding hydrogens is 342 g/mol. The molecule has 0 saturated carbocycles. The fraction of sp³-hybridized carbons (Fsp3) is 0.263. The Balaban J connectivity index is 1.91. The zero-order valence-electron chi connectivity index (χ0n) is 13.7. The number of likely N-dealkylation sites (tertiary alicyclic amines) is 1. The highest BCUT2D eigenvalue weighted by Crippen LogP contribution is 2.39. The van der Waals surface area contributed by atoms with Gasteiger partial charge in [-0.3, -0.25) is 9.59 Å². The van der Waals surface area contributed by atoms with Gasteiger partial charge in [-0.2, -0.15) is 0 Å². The molecule has 0 bridgehead atoms. The molecule has 0 aliphatic carbocycles. The average Bonchev–Trinajstić information content (AvgIpc) is 2.93. The Bertz CT molecular complexity index is 773. The fourth-order valence-corrected chi connectivity index (χ4v) is 3.32. The molecule has 0 unspecified atom stereocenters. The first kappa shape index (κ1) is 17.3. The van der Waals surface area contributed by atoms with Crippen LogP contribution in [0.5, 0.6) is 5.75 Å². The number of ether oxygens (including phenoxy) is 1. The summed E-state index contributed by atoms with van der Waals surface area (Å²) in [5.41, 5.74) is 1.69. The second-order valence-electron chi connectivity index (χ2n) is 6.01. The molecule has 6 heteroatoms. The van der Waals surface area contributed by atoms with Crippen molar-refractivity contribution in [2.75, 3.05) is 7.11 Å². The van der Waals surface area contributed by atoms with Crippen LogP contribution in [0.25, 0.3) is 0 Å². The van der Waals surface area contributed by atoms with E-state index in [1.807, 2.05) is 24.3 Å². The summed E-state index contributed by atoms with van der Waals surface area (Å²) in [5.74, 6) is -1.17. The van der Waals surface area contributed by atoms with Crippen LogP contribution in [0.3, 0.4) is 0 Å². The molecule has 2 aromatic rings. The van der Waals surface area contributed by atoms with Gasteiger partial charge < -0.3 is 14.7 Å². The Morgan fingerprint density at radius 2 is 1.84 bits per heavy atom. The minimum absolute atomic E-state index is 0.00121. The van der Waals surface area contributed by atoms with Gasteiger partial charge in [0.1, 0.15) is 5.75 Å². The maximum absolute atomic E-state index is 12.5. The third-order valence-corrected chi connectivity index (χ3v) is 4.72. The van der Waals surface area contributed by atoms with Crippen LogP contribution >= 0.6 is 11.6 Å². The first-order valence-corrected chi connectivity index (χ1v) is 8.28. The number of benzene rings is 2. The normalized spacial score (nSPS) is 19.9. The Labute approximate surface area is 150 Å². The van der Waals surface area contributed by atoms with E-state index in [0.717, 1.165) is 16.9 Å². The van der Waals surface area contributed by atoms with Crippen molar-refractivity contribution in [3.05, 3.63) is 64.7 Å². The molecule has 1 N–H and O–H groups in total. The van der Waals surface area contributed by atoms with Crippen LogP contribution in [0.15, 0.2) is 48.5 Å². The van der Waals surface area contributed by atoms with Gasteiger partial charge in [0.15, 0.2) is 0 Å². The first-order chi connectivity index (χ1) is 12.0. The number of hydrogen-bond acceptors (Lipinski definition) is 3. The van der Waals surface area contributed by atoms with E-state index in [4.69, 9.17) is 16.3 Å². The van der Waals surface area contributed by atoms with Crippen LogP contribution < -0.4 is 4.74 Å². The monoisotopic (exact) mass is 359 g/mol. The number of halogens is 1. The number of hydrogen-bond donors (Lipinski definition) is 1. The zero-order chi connectivity index (χ0) is 18.0. The molecule has 2 atom stereocenters. The second kappa shape index (κ2) is 7.15. The Kier molecular flexibility index (Phi) is 4.95. The quantitative estimate of drug-likeness (QED) is 0.886. The number of rotatable bonds is 5. The average molecular weight is 360 g/mol. The smallest absolute Gasteiger partial charge is 0.309 e. The Hall–Kier alpha value is -2.53. The lowest BCUT2D eigenvalue weighted by Crippen LogP contribution is -2.30. The van der Waals surface area contributed by atoms with Crippen molar-refractivity contribution in [2.45, 2.75) is 19.0 Å². The van der Waals surface area contributed by atoms with E-state index in [9.17, 15) is 14.7 Å². The molecule has 1 aliphatic heterocycles. The van der Waals surface area contributed by atoms with Gasteiger partial charge >= 0.3 is 5.97 Å². The summed E-state index contributed by atoms with van der Waals surface area (Å²) >= 11 is 5.93. The highest BCUT2D eigenvalue weighted by molar-refractivity contribution is 6.30. The summed E-state index contributed by atoms with van der Waals surface area (Å²) < 4.78 is 5.14. The van der Waals surface area contributed by atoms with E-state index in [0.29, 0.717) is 11.6 Å². The minimum atomic E-state index is -0.967. The van der Waals surface area contributed by atoms with Gasteiger partial charge in [0.05, 0.1) is 19.1 Å². The molecule has 1 saturated heterocycles. The maximum atomic E-state index is 12.5. The van der Waals surface area contributed by atoms with Gasteiger partial charge in [-0.15, -0.1) is 0 Å². The number of nitrogens with zero attached hydrogens (tertiary/aromatic N) is 1. The van der Waals surface area contributed by atoms with Crippen LogP contribution in [0.4, 0.5) is 0 Å². The molecule has 130 valence electrons. The molecule has 0 spiro atoms. The molecule has 0 radical (unpaired) electrons. The van der Waals surface area contributed by atoms with E-state index in [2.05, 4.69) is 0 Å². The summed E-state index contributed by atoms with van der Waals surface area (Å²) in [6, 6.07) is 13.9. The van der Waals surface area contributed by atoms with Crippen molar-refractivity contribution in [3.8, 4) is 5.75 Å². The van der Waals surface area contributed by atoms with Gasteiger partial charge in [0.2, 0.25) is 5.91 Å². The van der Waals surface area contributed by atoms with Crippen molar-refractivity contribution < 1.29 is 19.4 Å². The number of carbonyl (C=O) groups excluding carboxylic acids is 1. The molecule has 25 heavy (non-hydrogen) atoms. The summed E-state index contributed by atoms with van der Waals surface area (Å²) in [5, 5.41) is 10.1. The SMILES string of the molecule is COc1ccc(CN2C(=O)C[C@@H](C(=O)O)[C@@H]2c2ccc(Cl)cc2)cc1. The number of carbonyl (C=O) groups is 2. The summed E-state index contributed by atoms with van der Waals surface area (Å²) in [4.78, 5) is 25.8. The summed E-state index contributed by atoms with van der Waals surface area (Å²) in [7, 11) is 1.59. The predicted octanol–water partition coefficient (Wildman–Crippen LogP) is 3.52. The van der Waals surface area contributed by atoms with E-state index in [1.54, 1.807) is 36.3 Å². The topological polar surface area (TPSA) is 66.8 Å². The van der Waals surface area contributed by atoms with E-state index < -0.39 is 17.9 Å². The van der Waals surface area contributed by atoms with Crippen molar-refractivity contribution in [1.29, 1.82) is 0 Å². The van der Waals surface area contributed by atoms with Crippen LogP contribution in [-0.4, -0.2) is 29.0 Å². The molecule has 5 nitrogen and oxygen atoms in total. The maximum Gasteiger partial charge on any atom is 0.309 e. The van der Waals surface area contributed by atoms with E-state index >= 15 is 0 Å². The van der Waals surface area contributed by atoms with Gasteiger partial charge in [0, 0.05) is 18.0 Å². The van der Waals surface area contributed by atoms with E-state index in [1.165, 1.54) is 0 Å².